The molecule has 1 aliphatic heterocycles. The van der Waals surface area contributed by atoms with E-state index in [1.807, 2.05) is 10.3 Å². The summed E-state index contributed by atoms with van der Waals surface area (Å²) >= 11 is 1.54. The molecule has 1 aliphatic carbocycles. The van der Waals surface area contributed by atoms with Crippen LogP contribution in [-0.2, 0) is 10.0 Å². The molecule has 3 rings (SSSR count). The van der Waals surface area contributed by atoms with Gasteiger partial charge in [-0.3, -0.25) is 4.79 Å². The van der Waals surface area contributed by atoms with E-state index in [9.17, 15) is 13.2 Å². The van der Waals surface area contributed by atoms with Crippen molar-refractivity contribution >= 4 is 27.3 Å². The molecule has 22 heavy (non-hydrogen) atoms. The molecule has 1 saturated heterocycles. The molecule has 1 aromatic rings. The molecule has 2 aliphatic rings. The molecule has 2 fully saturated rings. The van der Waals surface area contributed by atoms with Crippen LogP contribution < -0.4 is 4.72 Å². The van der Waals surface area contributed by atoms with Gasteiger partial charge < -0.3 is 4.90 Å². The van der Waals surface area contributed by atoms with Gasteiger partial charge in [-0.05, 0) is 54.5 Å². The minimum atomic E-state index is -3.17. The van der Waals surface area contributed by atoms with E-state index in [2.05, 4.69) is 10.8 Å². The second kappa shape index (κ2) is 6.29. The third-order valence-electron chi connectivity index (χ3n) is 4.35. The van der Waals surface area contributed by atoms with E-state index in [0.29, 0.717) is 19.0 Å². The van der Waals surface area contributed by atoms with Crippen LogP contribution in [0, 0.1) is 5.92 Å². The summed E-state index contributed by atoms with van der Waals surface area (Å²) in [6, 6.07) is 2.09. The lowest BCUT2D eigenvalue weighted by Crippen LogP contribution is -2.43. The van der Waals surface area contributed by atoms with E-state index in [4.69, 9.17) is 0 Å². The number of sulfonamides is 1. The van der Waals surface area contributed by atoms with Gasteiger partial charge in [0.05, 0.1) is 11.1 Å². The van der Waals surface area contributed by atoms with Gasteiger partial charge >= 0.3 is 0 Å². The highest BCUT2D eigenvalue weighted by Crippen LogP contribution is 2.43. The first-order valence-corrected chi connectivity index (χ1v) is 10.5. The summed E-state index contributed by atoms with van der Waals surface area (Å²) in [6.45, 7) is 1.84. The number of amides is 1. The summed E-state index contributed by atoms with van der Waals surface area (Å²) < 4.78 is 25.0. The summed E-state index contributed by atoms with van der Waals surface area (Å²) in [6.07, 6.45) is 5.46. The standard InChI is InChI=1S/C15H22N2O3S2/c1-22(19,20)16-9-11-3-2-7-17(10-11)15(18)14-13(6-8-21-14)12-4-5-12/h6,8,11-12,16H,2-5,7,9-10H2,1H3/t11-/m1/s1. The molecule has 0 unspecified atom stereocenters. The Balaban J connectivity index is 1.63. The second-order valence-corrected chi connectivity index (χ2v) is 9.11. The minimum Gasteiger partial charge on any atom is -0.338 e. The van der Waals surface area contributed by atoms with Crippen molar-refractivity contribution in [1.29, 1.82) is 0 Å². The van der Waals surface area contributed by atoms with Gasteiger partial charge in [-0.25, -0.2) is 13.1 Å². The number of hydrogen-bond acceptors (Lipinski definition) is 4. The van der Waals surface area contributed by atoms with Crippen LogP contribution >= 0.6 is 11.3 Å². The van der Waals surface area contributed by atoms with Crippen molar-refractivity contribution in [3.63, 3.8) is 0 Å². The molecule has 1 saturated carbocycles. The summed E-state index contributed by atoms with van der Waals surface area (Å²) in [4.78, 5) is 15.5. The predicted molar refractivity (Wildman–Crippen MR) is 87.8 cm³/mol. The zero-order chi connectivity index (χ0) is 15.7. The molecule has 1 N–H and O–H groups in total. The summed E-state index contributed by atoms with van der Waals surface area (Å²) in [5.41, 5.74) is 1.21. The first kappa shape index (κ1) is 16.0. The van der Waals surface area contributed by atoms with Crippen molar-refractivity contribution in [3.8, 4) is 0 Å². The monoisotopic (exact) mass is 342 g/mol. The first-order valence-electron chi connectivity index (χ1n) is 7.75. The van der Waals surface area contributed by atoms with Crippen LogP contribution in [-0.4, -0.2) is 45.1 Å². The van der Waals surface area contributed by atoms with Gasteiger partial charge in [-0.1, -0.05) is 0 Å². The Morgan fingerprint density at radius 1 is 1.41 bits per heavy atom. The Morgan fingerprint density at radius 2 is 2.18 bits per heavy atom. The van der Waals surface area contributed by atoms with Crippen LogP contribution in [0.4, 0.5) is 0 Å². The van der Waals surface area contributed by atoms with Gasteiger partial charge in [0.25, 0.3) is 5.91 Å². The van der Waals surface area contributed by atoms with E-state index in [1.165, 1.54) is 36.0 Å². The number of carbonyl (C=O) groups excluding carboxylic acids is 1. The van der Waals surface area contributed by atoms with Crippen molar-refractivity contribution in [2.75, 3.05) is 25.9 Å². The molecule has 7 heteroatoms. The molecule has 0 spiro atoms. The quantitative estimate of drug-likeness (QED) is 0.890. The molecular weight excluding hydrogens is 320 g/mol. The summed E-state index contributed by atoms with van der Waals surface area (Å²) in [5, 5.41) is 2.01. The maximum absolute atomic E-state index is 12.8. The third-order valence-corrected chi connectivity index (χ3v) is 5.96. The van der Waals surface area contributed by atoms with Crippen LogP contribution in [0.1, 0.15) is 46.8 Å². The van der Waals surface area contributed by atoms with Gasteiger partial charge in [0.1, 0.15) is 0 Å². The molecular formula is C15H22N2O3S2. The predicted octanol–water partition coefficient (Wildman–Crippen LogP) is 2.03. The number of carbonyl (C=O) groups is 1. The van der Waals surface area contributed by atoms with Crippen LogP contribution in [0.5, 0.6) is 0 Å². The molecule has 0 radical (unpaired) electrons. The first-order chi connectivity index (χ1) is 10.4. The largest absolute Gasteiger partial charge is 0.338 e. The van der Waals surface area contributed by atoms with Gasteiger partial charge in [-0.2, -0.15) is 0 Å². The Morgan fingerprint density at radius 3 is 2.86 bits per heavy atom. The molecule has 1 amide bonds. The fourth-order valence-electron chi connectivity index (χ4n) is 3.04. The maximum atomic E-state index is 12.8. The minimum absolute atomic E-state index is 0.126. The van der Waals surface area contributed by atoms with E-state index >= 15 is 0 Å². The smallest absolute Gasteiger partial charge is 0.264 e. The lowest BCUT2D eigenvalue weighted by molar-refractivity contribution is 0.0680. The van der Waals surface area contributed by atoms with E-state index < -0.39 is 10.0 Å². The number of rotatable bonds is 5. The van der Waals surface area contributed by atoms with E-state index in [-0.39, 0.29) is 11.8 Å². The molecule has 122 valence electrons. The normalized spacial score (nSPS) is 22.8. The van der Waals surface area contributed by atoms with Crippen molar-refractivity contribution < 1.29 is 13.2 Å². The highest BCUT2D eigenvalue weighted by atomic mass is 32.2. The average molecular weight is 342 g/mol. The molecule has 1 aromatic heterocycles. The van der Waals surface area contributed by atoms with Crippen LogP contribution in [0.25, 0.3) is 0 Å². The molecule has 0 aromatic carbocycles. The SMILES string of the molecule is CS(=O)(=O)NC[C@H]1CCCN(C(=O)c2sccc2C2CC2)C1. The fourth-order valence-corrected chi connectivity index (χ4v) is 4.53. The summed E-state index contributed by atoms with van der Waals surface area (Å²) in [7, 11) is -3.17. The molecule has 5 nitrogen and oxygen atoms in total. The molecule has 2 heterocycles. The Kier molecular flexibility index (Phi) is 4.56. The Hall–Kier alpha value is -0.920. The zero-order valence-corrected chi connectivity index (χ0v) is 14.4. The van der Waals surface area contributed by atoms with Gasteiger partial charge in [0, 0.05) is 19.6 Å². The van der Waals surface area contributed by atoms with Crippen LogP contribution in [0.3, 0.4) is 0 Å². The average Bonchev–Trinajstić information content (AvgIpc) is 3.21. The lowest BCUT2D eigenvalue weighted by atomic mass is 9.98. The van der Waals surface area contributed by atoms with Crippen molar-refractivity contribution in [1.82, 2.24) is 9.62 Å². The van der Waals surface area contributed by atoms with Gasteiger partial charge in [0.15, 0.2) is 0 Å². The van der Waals surface area contributed by atoms with Crippen molar-refractivity contribution in [3.05, 3.63) is 21.9 Å². The van der Waals surface area contributed by atoms with Crippen molar-refractivity contribution in [2.45, 2.75) is 31.6 Å². The topological polar surface area (TPSA) is 66.5 Å². The highest BCUT2D eigenvalue weighted by molar-refractivity contribution is 7.88. The number of nitrogens with zero attached hydrogens (tertiary/aromatic N) is 1. The number of nitrogens with one attached hydrogen (secondary N) is 1. The van der Waals surface area contributed by atoms with E-state index in [0.717, 1.165) is 24.3 Å². The number of likely N-dealkylation sites (tertiary alicyclic amines) is 1. The van der Waals surface area contributed by atoms with Crippen molar-refractivity contribution in [2.24, 2.45) is 5.92 Å². The summed E-state index contributed by atoms with van der Waals surface area (Å²) in [5.74, 6) is 0.912. The number of hydrogen-bond donors (Lipinski definition) is 1. The zero-order valence-electron chi connectivity index (χ0n) is 12.7. The second-order valence-electron chi connectivity index (χ2n) is 6.36. The highest BCUT2D eigenvalue weighted by Gasteiger charge is 2.32. The third kappa shape index (κ3) is 3.88. The van der Waals surface area contributed by atoms with Gasteiger partial charge in [-0.15, -0.1) is 11.3 Å². The molecule has 1 atom stereocenters. The fraction of sp³-hybridized carbons (Fsp3) is 0.667. The maximum Gasteiger partial charge on any atom is 0.264 e. The Bertz CT molecular complexity index is 649. The number of piperidine rings is 1. The lowest BCUT2D eigenvalue weighted by Gasteiger charge is -2.32. The molecule has 0 bridgehead atoms. The van der Waals surface area contributed by atoms with Crippen LogP contribution in [0.15, 0.2) is 11.4 Å². The van der Waals surface area contributed by atoms with Gasteiger partial charge in [0.2, 0.25) is 10.0 Å². The van der Waals surface area contributed by atoms with E-state index in [1.54, 1.807) is 0 Å². The van der Waals surface area contributed by atoms with Crippen LogP contribution in [0.2, 0.25) is 0 Å². The Labute approximate surface area is 135 Å². The number of thiophene rings is 1.